The monoisotopic (exact) mass is 562 g/mol. The quantitative estimate of drug-likeness (QED) is 0.217. The number of aromatic nitrogens is 3. The van der Waals surface area contributed by atoms with Crippen LogP contribution >= 0.6 is 0 Å². The van der Waals surface area contributed by atoms with Crippen molar-refractivity contribution in [3.63, 3.8) is 0 Å². The second kappa shape index (κ2) is 17.1. The molecule has 3 aromatic heterocycles. The standard InChI is InChI=1S/C18H14N.2C11H8N.Li/c1-14-12-18(16-10-6-3-7-11-16)19-13-17(14)15-8-4-2-5-9-15;2*1-2-6-10(7-3-1)11-8-4-5-9-12-11;/h2-10,12-13H,1H3;2*1-6,8-9H;/q3*-1;+1/p+3. The van der Waals surface area contributed by atoms with E-state index in [0.29, 0.717) is 0 Å². The van der Waals surface area contributed by atoms with Gasteiger partial charge in [-0.05, 0) is 36.2 Å². The zero-order valence-corrected chi connectivity index (χ0v) is 25.1. The Morgan fingerprint density at radius 1 is 0.455 bits per heavy atom. The zero-order chi connectivity index (χ0) is 29.5. The van der Waals surface area contributed by atoms with Crippen LogP contribution in [0.3, 0.4) is 0 Å². The molecule has 3 heterocycles. The first-order valence-electron chi connectivity index (χ1n) is 14.2. The van der Waals surface area contributed by atoms with Crippen molar-refractivity contribution in [3.05, 3.63) is 188 Å². The van der Waals surface area contributed by atoms with Gasteiger partial charge in [-0.3, -0.25) is 15.0 Å². The fourth-order valence-corrected chi connectivity index (χ4v) is 4.49. The smallest absolute Gasteiger partial charge is 0.251 e. The van der Waals surface area contributed by atoms with Crippen molar-refractivity contribution in [2.24, 2.45) is 0 Å². The van der Waals surface area contributed by atoms with Gasteiger partial charge in [0, 0.05) is 17.7 Å². The minimum atomic E-state index is 0. The summed E-state index contributed by atoms with van der Waals surface area (Å²) in [6.45, 7) is 2.14. The minimum Gasteiger partial charge on any atom is -0.251 e. The van der Waals surface area contributed by atoms with Crippen molar-refractivity contribution in [1.29, 1.82) is 0 Å². The van der Waals surface area contributed by atoms with Gasteiger partial charge >= 0.3 is 18.9 Å². The van der Waals surface area contributed by atoms with Crippen LogP contribution in [0.1, 0.15) is 5.56 Å². The van der Waals surface area contributed by atoms with Crippen LogP contribution in [-0.4, -0.2) is 0 Å². The number of H-pyrrole nitrogens is 3. The summed E-state index contributed by atoms with van der Waals surface area (Å²) >= 11 is 0. The van der Waals surface area contributed by atoms with Gasteiger partial charge in [0.15, 0.2) is 18.6 Å². The molecule has 7 aromatic rings. The average Bonchev–Trinajstić information content (AvgIpc) is 3.11. The summed E-state index contributed by atoms with van der Waals surface area (Å²) in [7, 11) is 0. The van der Waals surface area contributed by atoms with Gasteiger partial charge in [0.25, 0.3) is 0 Å². The van der Waals surface area contributed by atoms with Gasteiger partial charge in [0.05, 0.1) is 0 Å². The summed E-state index contributed by atoms with van der Waals surface area (Å²) in [4.78, 5) is 9.67. The van der Waals surface area contributed by atoms with Crippen molar-refractivity contribution in [1.82, 2.24) is 0 Å². The van der Waals surface area contributed by atoms with E-state index in [2.05, 4.69) is 82.7 Å². The summed E-state index contributed by atoms with van der Waals surface area (Å²) in [5.74, 6) is 0. The Labute approximate surface area is 272 Å². The number of aromatic amines is 3. The number of pyridine rings is 3. The Morgan fingerprint density at radius 3 is 1.32 bits per heavy atom. The van der Waals surface area contributed by atoms with Crippen molar-refractivity contribution >= 4 is 0 Å². The molecule has 0 atom stereocenters. The van der Waals surface area contributed by atoms with Gasteiger partial charge in [-0.1, -0.05) is 59.2 Å². The molecular weight excluding hydrogens is 529 g/mol. The number of rotatable bonds is 4. The normalized spacial score (nSPS) is 9.75. The SMILES string of the molecule is Cc1cc(-c2[c-]cccc2)[nH+]cc1-c1ccccc1.[Li+].[c-]1ccccc1-c1cccc[nH+]1.[c-]1ccccc1-c1cccc[nH+]1. The van der Waals surface area contributed by atoms with E-state index in [1.807, 2.05) is 122 Å². The van der Waals surface area contributed by atoms with E-state index in [1.165, 1.54) is 16.7 Å². The second-order valence-corrected chi connectivity index (χ2v) is 9.69. The van der Waals surface area contributed by atoms with Crippen molar-refractivity contribution in [3.8, 4) is 44.9 Å². The maximum Gasteiger partial charge on any atom is 1.00 e. The van der Waals surface area contributed by atoms with Gasteiger partial charge in [-0.25, -0.2) is 0 Å². The third-order valence-electron chi connectivity index (χ3n) is 6.66. The fourth-order valence-electron chi connectivity index (χ4n) is 4.49. The number of nitrogens with one attached hydrogen (secondary N) is 3. The molecule has 3 N–H and O–H groups in total. The molecule has 0 unspecified atom stereocenters. The fraction of sp³-hybridized carbons (Fsp3) is 0.0250. The van der Waals surface area contributed by atoms with Crippen molar-refractivity contribution < 1.29 is 33.8 Å². The number of hydrogen-bond acceptors (Lipinski definition) is 0. The first-order chi connectivity index (χ1) is 21.3. The molecule has 4 aromatic carbocycles. The zero-order valence-electron chi connectivity index (χ0n) is 25.1. The molecule has 0 fully saturated rings. The van der Waals surface area contributed by atoms with Crippen LogP contribution in [0.4, 0.5) is 0 Å². The first-order valence-corrected chi connectivity index (χ1v) is 14.2. The molecule has 0 aliphatic heterocycles. The number of benzene rings is 4. The molecule has 0 amide bonds. The van der Waals surface area contributed by atoms with Gasteiger partial charge in [-0.2, -0.15) is 0 Å². The Balaban J connectivity index is 0.000000155. The molecular formula is C40H33LiN3+. The largest absolute Gasteiger partial charge is 1.00 e. The summed E-state index contributed by atoms with van der Waals surface area (Å²) in [5.41, 5.74) is 10.3. The van der Waals surface area contributed by atoms with E-state index in [0.717, 1.165) is 33.8 Å². The van der Waals surface area contributed by atoms with Gasteiger partial charge in [0.1, 0.15) is 17.1 Å². The molecule has 0 bridgehead atoms. The second-order valence-electron chi connectivity index (χ2n) is 9.69. The summed E-state index contributed by atoms with van der Waals surface area (Å²) in [5, 5.41) is 0. The molecule has 0 saturated carbocycles. The summed E-state index contributed by atoms with van der Waals surface area (Å²) in [6, 6.07) is 58.0. The Morgan fingerprint density at radius 2 is 0.909 bits per heavy atom. The molecule has 0 radical (unpaired) electrons. The first kappa shape index (κ1) is 31.9. The van der Waals surface area contributed by atoms with Gasteiger partial charge < -0.3 is 0 Å². The van der Waals surface area contributed by atoms with E-state index in [1.54, 1.807) is 0 Å². The predicted molar refractivity (Wildman–Crippen MR) is 172 cm³/mol. The van der Waals surface area contributed by atoms with Crippen LogP contribution in [0.2, 0.25) is 0 Å². The van der Waals surface area contributed by atoms with E-state index in [9.17, 15) is 0 Å². The molecule has 0 aliphatic carbocycles. The molecule has 0 spiro atoms. The molecule has 0 saturated heterocycles. The molecule has 208 valence electrons. The van der Waals surface area contributed by atoms with Crippen LogP contribution < -0.4 is 33.8 Å². The van der Waals surface area contributed by atoms with Crippen molar-refractivity contribution in [2.45, 2.75) is 6.92 Å². The maximum absolute atomic E-state index is 3.36. The van der Waals surface area contributed by atoms with E-state index in [4.69, 9.17) is 0 Å². The molecule has 44 heavy (non-hydrogen) atoms. The molecule has 0 aliphatic rings. The average molecular weight is 563 g/mol. The third-order valence-corrected chi connectivity index (χ3v) is 6.66. The topological polar surface area (TPSA) is 42.4 Å². The predicted octanol–water partition coefficient (Wildman–Crippen LogP) is 4.88. The van der Waals surface area contributed by atoms with E-state index in [-0.39, 0.29) is 18.9 Å². The maximum atomic E-state index is 3.36. The third kappa shape index (κ3) is 9.21. The van der Waals surface area contributed by atoms with E-state index < -0.39 is 0 Å². The van der Waals surface area contributed by atoms with E-state index >= 15 is 0 Å². The van der Waals surface area contributed by atoms with Gasteiger partial charge in [-0.15, -0.1) is 91.0 Å². The molecule has 3 nitrogen and oxygen atoms in total. The van der Waals surface area contributed by atoms with Crippen molar-refractivity contribution in [2.75, 3.05) is 0 Å². The molecule has 4 heteroatoms. The van der Waals surface area contributed by atoms with Crippen LogP contribution in [0.25, 0.3) is 44.9 Å². The van der Waals surface area contributed by atoms with Crippen LogP contribution in [0.5, 0.6) is 0 Å². The number of hydrogen-bond donors (Lipinski definition) is 0. The van der Waals surface area contributed by atoms with Gasteiger partial charge in [0.2, 0.25) is 0 Å². The summed E-state index contributed by atoms with van der Waals surface area (Å²) in [6.07, 6.45) is 5.90. The Bertz CT molecular complexity index is 1630. The van der Waals surface area contributed by atoms with Crippen LogP contribution in [-0.2, 0) is 0 Å². The summed E-state index contributed by atoms with van der Waals surface area (Å²) < 4.78 is 0. The van der Waals surface area contributed by atoms with Crippen LogP contribution in [0, 0.1) is 25.1 Å². The Kier molecular flexibility index (Phi) is 12.4. The Hall–Kier alpha value is -5.07. The minimum absolute atomic E-state index is 0. The van der Waals surface area contributed by atoms with Crippen LogP contribution in [0.15, 0.2) is 164 Å². The molecule has 7 rings (SSSR count). The number of aryl methyl sites for hydroxylation is 1.